The average Bonchev–Trinajstić information content (AvgIpc) is 3.09. The Balaban J connectivity index is 1.79. The van der Waals surface area contributed by atoms with Gasteiger partial charge < -0.3 is 9.83 Å². The highest BCUT2D eigenvalue weighted by atomic mass is 32.2. The van der Waals surface area contributed by atoms with Gasteiger partial charge in [0.05, 0.1) is 29.1 Å². The fourth-order valence-corrected chi connectivity index (χ4v) is 4.74. The normalized spacial score (nSPS) is 15.9. The molecule has 0 fully saturated rings. The summed E-state index contributed by atoms with van der Waals surface area (Å²) >= 11 is 1.24. The number of nitrogens with zero attached hydrogens (tertiary/aromatic N) is 1. The van der Waals surface area contributed by atoms with Crippen molar-refractivity contribution in [3.05, 3.63) is 77.1 Å². The molecule has 0 saturated heterocycles. The molecule has 0 bridgehead atoms. The highest BCUT2D eigenvalue weighted by Gasteiger charge is 2.30. The lowest BCUT2D eigenvalue weighted by molar-refractivity contribution is 0.0698. The van der Waals surface area contributed by atoms with E-state index < -0.39 is 16.0 Å². The number of aromatic carboxylic acids is 1. The van der Waals surface area contributed by atoms with E-state index in [1.165, 1.54) is 30.3 Å². The van der Waals surface area contributed by atoms with Gasteiger partial charge in [-0.25, -0.2) is 13.2 Å². The fourth-order valence-electron chi connectivity index (χ4n) is 2.76. The van der Waals surface area contributed by atoms with Gasteiger partial charge in [0.1, 0.15) is 4.91 Å². The van der Waals surface area contributed by atoms with E-state index in [0.29, 0.717) is 5.70 Å². The molecule has 0 aromatic heterocycles. The summed E-state index contributed by atoms with van der Waals surface area (Å²) in [6, 6.07) is 10.2. The molecule has 0 radical (unpaired) electrons. The van der Waals surface area contributed by atoms with Crippen LogP contribution in [0.3, 0.4) is 0 Å². The summed E-state index contributed by atoms with van der Waals surface area (Å²) in [6.07, 6.45) is 6.40. The number of nitrogens with one attached hydrogen (secondary N) is 2. The number of sulfonamides is 1. The van der Waals surface area contributed by atoms with Crippen LogP contribution in [-0.2, 0) is 10.0 Å². The molecule has 0 aliphatic carbocycles. The van der Waals surface area contributed by atoms with Crippen molar-refractivity contribution in [2.45, 2.75) is 0 Å². The summed E-state index contributed by atoms with van der Waals surface area (Å²) in [5.41, 5.74) is 0.393. The largest absolute Gasteiger partial charge is 0.478 e. The third kappa shape index (κ3) is 2.80. The number of benzene rings is 2. The molecule has 9 heteroatoms. The minimum atomic E-state index is -3.98. The van der Waals surface area contributed by atoms with Gasteiger partial charge in [0.15, 0.2) is 0 Å². The van der Waals surface area contributed by atoms with E-state index >= 15 is 0 Å². The molecule has 2 aliphatic heterocycles. The maximum Gasteiger partial charge on any atom is 0.337 e. The Morgan fingerprint density at radius 1 is 1.19 bits per heavy atom. The molecular weight excluding hydrogens is 374 g/mol. The molecule has 26 heavy (non-hydrogen) atoms. The minimum Gasteiger partial charge on any atom is -0.478 e. The van der Waals surface area contributed by atoms with Gasteiger partial charge in [-0.2, -0.15) is 0 Å². The third-order valence-electron chi connectivity index (χ3n) is 3.96. The number of hydrogen-bond acceptors (Lipinski definition) is 6. The Morgan fingerprint density at radius 3 is 2.65 bits per heavy atom. The first-order chi connectivity index (χ1) is 12.5. The summed E-state index contributed by atoms with van der Waals surface area (Å²) in [6.45, 7) is 0. The van der Waals surface area contributed by atoms with Crippen molar-refractivity contribution in [3.63, 3.8) is 0 Å². The Labute approximate surface area is 154 Å². The zero-order valence-electron chi connectivity index (χ0n) is 13.2. The molecule has 0 saturated carbocycles. The maximum absolute atomic E-state index is 12.9. The monoisotopic (exact) mass is 387 g/mol. The number of allylic oxidation sites excluding steroid dienone is 2. The van der Waals surface area contributed by atoms with Crippen LogP contribution >= 0.6 is 12.1 Å². The van der Waals surface area contributed by atoms with Crippen LogP contribution in [0, 0.1) is 0 Å². The maximum atomic E-state index is 12.9. The second kappa shape index (κ2) is 6.11. The molecule has 7 nitrogen and oxygen atoms in total. The van der Waals surface area contributed by atoms with Crippen LogP contribution in [0.25, 0.3) is 10.8 Å². The molecule has 0 atom stereocenters. The highest BCUT2D eigenvalue weighted by molar-refractivity contribution is 7.97. The molecule has 2 heterocycles. The molecule has 0 unspecified atom stereocenters. The number of rotatable bonds is 4. The van der Waals surface area contributed by atoms with Crippen molar-refractivity contribution in [2.75, 3.05) is 4.72 Å². The van der Waals surface area contributed by atoms with E-state index in [-0.39, 0.29) is 16.2 Å². The van der Waals surface area contributed by atoms with Crippen LogP contribution in [0.2, 0.25) is 0 Å². The van der Waals surface area contributed by atoms with Gasteiger partial charge in [-0.1, -0.05) is 24.3 Å². The molecule has 0 spiro atoms. The Kier molecular flexibility index (Phi) is 3.89. The smallest absolute Gasteiger partial charge is 0.337 e. The van der Waals surface area contributed by atoms with Crippen LogP contribution in [0.4, 0.5) is 5.69 Å². The summed E-state index contributed by atoms with van der Waals surface area (Å²) < 4.78 is 32.8. The van der Waals surface area contributed by atoms with Crippen molar-refractivity contribution in [2.24, 2.45) is 0 Å². The summed E-state index contributed by atoms with van der Waals surface area (Å²) in [5, 5.41) is 11.0. The number of hydrogen-bond donors (Lipinski definition) is 3. The molecule has 2 aromatic carbocycles. The summed E-state index contributed by atoms with van der Waals surface area (Å²) in [4.78, 5) is 11.7. The van der Waals surface area contributed by atoms with E-state index in [1.807, 2.05) is 0 Å². The number of carboxylic acids is 1. The lowest BCUT2D eigenvalue weighted by Crippen LogP contribution is -2.22. The number of fused-ring (bicyclic) bond motifs is 2. The van der Waals surface area contributed by atoms with Gasteiger partial charge in [0.2, 0.25) is 0 Å². The first-order valence-electron chi connectivity index (χ1n) is 7.55. The van der Waals surface area contributed by atoms with E-state index in [0.717, 1.165) is 10.8 Å². The molecule has 132 valence electrons. The molecular formula is C17H13N3O4S2. The summed E-state index contributed by atoms with van der Waals surface area (Å²) in [5.74, 6) is -1.20. The summed E-state index contributed by atoms with van der Waals surface area (Å²) in [7, 11) is -3.98. The van der Waals surface area contributed by atoms with Gasteiger partial charge >= 0.3 is 5.97 Å². The standard InChI is InChI=1S/C17H13N3O4S2/c21-17(22)13-8-11-4-1-2-5-12(11)9-14(13)19-26(23,24)16-6-3-7-20-15(16)10-18-25-20/h1-10,18-19H,(H,21,22). The van der Waals surface area contributed by atoms with Gasteiger partial charge in [0.25, 0.3) is 10.0 Å². The van der Waals surface area contributed by atoms with Crippen LogP contribution in [0.5, 0.6) is 0 Å². The molecule has 3 N–H and O–H groups in total. The Morgan fingerprint density at radius 2 is 1.92 bits per heavy atom. The van der Waals surface area contributed by atoms with Crippen LogP contribution in [0.15, 0.2) is 71.6 Å². The molecule has 2 aliphatic rings. The predicted molar refractivity (Wildman–Crippen MR) is 101 cm³/mol. The SMILES string of the molecule is O=C(O)c1cc2ccccc2cc1NS(=O)(=O)C1=CC=CN2SNC=C12. The molecule has 4 rings (SSSR count). The zero-order chi connectivity index (χ0) is 18.3. The average molecular weight is 387 g/mol. The van der Waals surface area contributed by atoms with Crippen molar-refractivity contribution >= 4 is 44.6 Å². The number of carboxylic acid groups (broad SMARTS) is 1. The highest BCUT2D eigenvalue weighted by Crippen LogP contribution is 2.34. The van der Waals surface area contributed by atoms with E-state index in [1.54, 1.807) is 47.0 Å². The Bertz CT molecular complexity index is 1120. The van der Waals surface area contributed by atoms with E-state index in [4.69, 9.17) is 0 Å². The van der Waals surface area contributed by atoms with Crippen LogP contribution in [-0.4, -0.2) is 23.8 Å². The van der Waals surface area contributed by atoms with Crippen LogP contribution in [0.1, 0.15) is 10.4 Å². The first kappa shape index (κ1) is 16.6. The van der Waals surface area contributed by atoms with Gasteiger partial charge in [-0.3, -0.25) is 9.03 Å². The van der Waals surface area contributed by atoms with Crippen molar-refractivity contribution < 1.29 is 18.3 Å². The first-order valence-corrected chi connectivity index (χ1v) is 9.81. The number of carbonyl (C=O) groups is 1. The molecule has 0 amide bonds. The minimum absolute atomic E-state index is 0.0254. The van der Waals surface area contributed by atoms with Crippen molar-refractivity contribution in [3.8, 4) is 0 Å². The fraction of sp³-hybridized carbons (Fsp3) is 0. The zero-order valence-corrected chi connectivity index (χ0v) is 14.8. The second-order valence-corrected chi connectivity index (χ2v) is 8.06. The van der Waals surface area contributed by atoms with Gasteiger partial charge in [0, 0.05) is 12.4 Å². The topological polar surface area (TPSA) is 98.7 Å². The van der Waals surface area contributed by atoms with E-state index in [2.05, 4.69) is 9.44 Å². The van der Waals surface area contributed by atoms with Crippen LogP contribution < -0.4 is 9.44 Å². The van der Waals surface area contributed by atoms with Crippen molar-refractivity contribution in [1.82, 2.24) is 9.03 Å². The van der Waals surface area contributed by atoms with Gasteiger partial charge in [-0.05, 0) is 35.1 Å². The molecule has 2 aromatic rings. The quantitative estimate of drug-likeness (QED) is 0.694. The lowest BCUT2D eigenvalue weighted by atomic mass is 10.1. The van der Waals surface area contributed by atoms with Gasteiger partial charge in [-0.15, -0.1) is 0 Å². The predicted octanol–water partition coefficient (Wildman–Crippen LogP) is 3.00. The number of anilines is 1. The second-order valence-electron chi connectivity index (χ2n) is 5.59. The van der Waals surface area contributed by atoms with E-state index in [9.17, 15) is 18.3 Å². The Hall–Kier alpha value is -2.91. The lowest BCUT2D eigenvalue weighted by Gasteiger charge is -2.21. The van der Waals surface area contributed by atoms with Crippen molar-refractivity contribution in [1.29, 1.82) is 0 Å². The third-order valence-corrected chi connectivity index (χ3v) is 6.11.